The predicted molar refractivity (Wildman–Crippen MR) is 99.9 cm³/mol. The van der Waals surface area contributed by atoms with Crippen molar-refractivity contribution in [1.82, 2.24) is 15.1 Å². The zero-order chi connectivity index (χ0) is 19.4. The Morgan fingerprint density at radius 2 is 2.15 bits per heavy atom. The molecule has 3 rings (SSSR count). The molecule has 0 radical (unpaired) electrons. The standard InChI is InChI=1S/C18H18N4O4S/c1-3-11-10(2)27-17(15(11)18(24)25)20-13(23)7-8-14-21-16(22-26-14)12-6-4-5-9-19-12/h4-6,9H,3,7-8H2,1-2H3,(H,20,23)(H,24,25). The predicted octanol–water partition coefficient (Wildman–Crippen LogP) is 3.33. The molecule has 9 heteroatoms. The Morgan fingerprint density at radius 3 is 2.81 bits per heavy atom. The molecule has 140 valence electrons. The number of nitrogens with zero attached hydrogens (tertiary/aromatic N) is 3. The van der Waals surface area contributed by atoms with E-state index in [1.165, 1.54) is 11.3 Å². The Morgan fingerprint density at radius 1 is 1.33 bits per heavy atom. The minimum atomic E-state index is -1.04. The van der Waals surface area contributed by atoms with Crippen LogP contribution in [0.15, 0.2) is 28.9 Å². The lowest BCUT2D eigenvalue weighted by Gasteiger charge is -2.04. The molecule has 0 unspecified atom stereocenters. The summed E-state index contributed by atoms with van der Waals surface area (Å²) in [5, 5.41) is 16.3. The molecule has 0 bridgehead atoms. The van der Waals surface area contributed by atoms with Crippen LogP contribution in [0.5, 0.6) is 0 Å². The normalized spacial score (nSPS) is 10.7. The summed E-state index contributed by atoms with van der Waals surface area (Å²) in [6.07, 6.45) is 2.57. The lowest BCUT2D eigenvalue weighted by Crippen LogP contribution is -2.14. The molecule has 3 aromatic heterocycles. The summed E-state index contributed by atoms with van der Waals surface area (Å²) in [6.45, 7) is 3.74. The van der Waals surface area contributed by atoms with E-state index < -0.39 is 5.97 Å². The van der Waals surface area contributed by atoms with Gasteiger partial charge in [-0.25, -0.2) is 4.79 Å². The second-order valence-corrected chi connectivity index (χ2v) is 7.00. The summed E-state index contributed by atoms with van der Waals surface area (Å²) < 4.78 is 5.15. The molecule has 1 amide bonds. The van der Waals surface area contributed by atoms with Crippen molar-refractivity contribution in [3.8, 4) is 11.5 Å². The second kappa shape index (κ2) is 8.09. The molecule has 0 aliphatic rings. The highest BCUT2D eigenvalue weighted by atomic mass is 32.1. The van der Waals surface area contributed by atoms with E-state index in [0.717, 1.165) is 10.4 Å². The van der Waals surface area contributed by atoms with Gasteiger partial charge in [0.1, 0.15) is 10.7 Å². The first-order chi connectivity index (χ1) is 13.0. The fraction of sp³-hybridized carbons (Fsp3) is 0.278. The van der Waals surface area contributed by atoms with Gasteiger partial charge in [-0.3, -0.25) is 9.78 Å². The van der Waals surface area contributed by atoms with Gasteiger partial charge in [-0.1, -0.05) is 18.1 Å². The average Bonchev–Trinajstić information content (AvgIpc) is 3.24. The molecule has 0 saturated carbocycles. The number of hydrogen-bond donors (Lipinski definition) is 2. The largest absolute Gasteiger partial charge is 0.478 e. The number of carbonyl (C=O) groups excluding carboxylic acids is 1. The van der Waals surface area contributed by atoms with Crippen LogP contribution in [-0.4, -0.2) is 32.1 Å². The van der Waals surface area contributed by atoms with Crippen LogP contribution in [0.2, 0.25) is 0 Å². The number of rotatable bonds is 7. The molecule has 27 heavy (non-hydrogen) atoms. The fourth-order valence-electron chi connectivity index (χ4n) is 2.68. The van der Waals surface area contributed by atoms with Crippen molar-refractivity contribution in [2.45, 2.75) is 33.1 Å². The highest BCUT2D eigenvalue weighted by Crippen LogP contribution is 2.33. The van der Waals surface area contributed by atoms with Crippen LogP contribution in [0.1, 0.15) is 40.0 Å². The van der Waals surface area contributed by atoms with Crippen LogP contribution < -0.4 is 5.32 Å². The van der Waals surface area contributed by atoms with Gasteiger partial charge >= 0.3 is 5.97 Å². The summed E-state index contributed by atoms with van der Waals surface area (Å²) >= 11 is 1.27. The number of carboxylic acid groups (broad SMARTS) is 1. The highest BCUT2D eigenvalue weighted by molar-refractivity contribution is 7.16. The van der Waals surface area contributed by atoms with E-state index in [1.54, 1.807) is 18.3 Å². The molecule has 0 fully saturated rings. The number of carbonyl (C=O) groups is 2. The van der Waals surface area contributed by atoms with Crippen molar-refractivity contribution in [2.75, 3.05) is 5.32 Å². The zero-order valence-electron chi connectivity index (χ0n) is 14.9. The first-order valence-corrected chi connectivity index (χ1v) is 9.20. The number of amides is 1. The summed E-state index contributed by atoms with van der Waals surface area (Å²) in [6, 6.07) is 5.37. The summed E-state index contributed by atoms with van der Waals surface area (Å²) in [5.41, 5.74) is 1.51. The first-order valence-electron chi connectivity index (χ1n) is 8.39. The number of pyridine rings is 1. The molecular formula is C18H18N4O4S. The average molecular weight is 386 g/mol. The number of anilines is 1. The summed E-state index contributed by atoms with van der Waals surface area (Å²) in [5.74, 6) is -0.663. The maximum atomic E-state index is 12.2. The highest BCUT2D eigenvalue weighted by Gasteiger charge is 2.22. The Bertz CT molecular complexity index is 965. The molecule has 2 N–H and O–H groups in total. The van der Waals surface area contributed by atoms with Gasteiger partial charge in [0, 0.05) is 23.9 Å². The van der Waals surface area contributed by atoms with Crippen LogP contribution in [0.4, 0.5) is 5.00 Å². The van der Waals surface area contributed by atoms with Crippen LogP contribution in [0, 0.1) is 6.92 Å². The van der Waals surface area contributed by atoms with E-state index in [9.17, 15) is 14.7 Å². The van der Waals surface area contributed by atoms with Crippen LogP contribution in [0.25, 0.3) is 11.5 Å². The van der Waals surface area contributed by atoms with E-state index in [0.29, 0.717) is 28.8 Å². The Balaban J connectivity index is 1.64. The van der Waals surface area contributed by atoms with Gasteiger partial charge in [-0.2, -0.15) is 4.98 Å². The zero-order valence-corrected chi connectivity index (χ0v) is 15.7. The minimum Gasteiger partial charge on any atom is -0.478 e. The second-order valence-electron chi connectivity index (χ2n) is 5.77. The third-order valence-electron chi connectivity index (χ3n) is 3.96. The maximum absolute atomic E-state index is 12.2. The van der Waals surface area contributed by atoms with Gasteiger partial charge in [0.25, 0.3) is 0 Å². The van der Waals surface area contributed by atoms with Crippen molar-refractivity contribution >= 4 is 28.2 Å². The molecule has 0 spiro atoms. The Hall–Kier alpha value is -3.07. The minimum absolute atomic E-state index is 0.0985. The molecule has 0 aliphatic heterocycles. The quantitative estimate of drug-likeness (QED) is 0.639. The van der Waals surface area contributed by atoms with Gasteiger partial charge in [-0.05, 0) is 31.0 Å². The third kappa shape index (κ3) is 4.20. The van der Waals surface area contributed by atoms with E-state index in [-0.39, 0.29) is 24.3 Å². The van der Waals surface area contributed by atoms with E-state index in [2.05, 4.69) is 20.4 Å². The molecular weight excluding hydrogens is 368 g/mol. The summed E-state index contributed by atoms with van der Waals surface area (Å²) in [7, 11) is 0. The lowest BCUT2D eigenvalue weighted by molar-refractivity contribution is -0.116. The number of carboxylic acids is 1. The van der Waals surface area contributed by atoms with Gasteiger partial charge in [0.15, 0.2) is 0 Å². The monoisotopic (exact) mass is 386 g/mol. The van der Waals surface area contributed by atoms with Crippen LogP contribution in [-0.2, 0) is 17.6 Å². The molecule has 0 aliphatic carbocycles. The van der Waals surface area contributed by atoms with Gasteiger partial charge < -0.3 is 14.9 Å². The topological polar surface area (TPSA) is 118 Å². The smallest absolute Gasteiger partial charge is 0.339 e. The van der Waals surface area contributed by atoms with Gasteiger partial charge in [0.2, 0.25) is 17.6 Å². The van der Waals surface area contributed by atoms with Crippen molar-refractivity contribution in [3.63, 3.8) is 0 Å². The van der Waals surface area contributed by atoms with Gasteiger partial charge in [-0.15, -0.1) is 11.3 Å². The van der Waals surface area contributed by atoms with Crippen LogP contribution >= 0.6 is 11.3 Å². The van der Waals surface area contributed by atoms with E-state index in [1.807, 2.05) is 19.9 Å². The lowest BCUT2D eigenvalue weighted by atomic mass is 10.1. The molecule has 0 atom stereocenters. The molecule has 3 aromatic rings. The van der Waals surface area contributed by atoms with Crippen molar-refractivity contribution in [1.29, 1.82) is 0 Å². The van der Waals surface area contributed by atoms with E-state index >= 15 is 0 Å². The van der Waals surface area contributed by atoms with Crippen molar-refractivity contribution in [3.05, 3.63) is 46.3 Å². The SMILES string of the molecule is CCc1c(C)sc(NC(=O)CCc2nc(-c3ccccn3)no2)c1C(=O)O. The molecule has 8 nitrogen and oxygen atoms in total. The maximum Gasteiger partial charge on any atom is 0.339 e. The number of thiophene rings is 1. The number of aromatic nitrogens is 3. The van der Waals surface area contributed by atoms with Gasteiger partial charge in [0.05, 0.1) is 5.56 Å². The number of hydrogen-bond acceptors (Lipinski definition) is 7. The number of aryl methyl sites for hydroxylation is 2. The first kappa shape index (κ1) is 18.7. The fourth-order valence-corrected chi connectivity index (χ4v) is 3.84. The van der Waals surface area contributed by atoms with E-state index in [4.69, 9.17) is 4.52 Å². The summed E-state index contributed by atoms with van der Waals surface area (Å²) in [4.78, 5) is 33.0. The van der Waals surface area contributed by atoms with Crippen LogP contribution in [0.3, 0.4) is 0 Å². The van der Waals surface area contributed by atoms with Crippen molar-refractivity contribution < 1.29 is 19.2 Å². The molecule has 0 aromatic carbocycles. The number of nitrogens with one attached hydrogen (secondary N) is 1. The number of aromatic carboxylic acids is 1. The molecule has 3 heterocycles. The Kier molecular flexibility index (Phi) is 5.60. The Labute approximate surface area is 159 Å². The van der Waals surface area contributed by atoms with Crippen molar-refractivity contribution in [2.24, 2.45) is 0 Å². The molecule has 0 saturated heterocycles. The third-order valence-corrected chi connectivity index (χ3v) is 5.02.